The highest BCUT2D eigenvalue weighted by Crippen LogP contribution is 2.32. The second-order valence-corrected chi connectivity index (χ2v) is 10.1. The highest BCUT2D eigenvalue weighted by atomic mass is 19.1. The van der Waals surface area contributed by atoms with Crippen LogP contribution >= 0.6 is 0 Å². The summed E-state index contributed by atoms with van der Waals surface area (Å²) in [4.78, 5) is 35.4. The Labute approximate surface area is 238 Å². The Hall–Kier alpha value is -4.91. The molecule has 0 aliphatic carbocycles. The molecule has 5 rings (SSSR count). The van der Waals surface area contributed by atoms with E-state index >= 15 is 0 Å². The lowest BCUT2D eigenvalue weighted by Crippen LogP contribution is -2.48. The molecule has 0 atom stereocenters. The summed E-state index contributed by atoms with van der Waals surface area (Å²) >= 11 is 0. The van der Waals surface area contributed by atoms with Crippen LogP contribution in [-0.4, -0.2) is 47.4 Å². The van der Waals surface area contributed by atoms with Crippen LogP contribution < -0.4 is 0 Å². The Balaban J connectivity index is 1.31. The summed E-state index contributed by atoms with van der Waals surface area (Å²) in [6.45, 7) is 1.35. The summed E-state index contributed by atoms with van der Waals surface area (Å²) in [7, 11) is 0. The second kappa shape index (κ2) is 13.0. The van der Waals surface area contributed by atoms with Gasteiger partial charge in [-0.3, -0.25) is 19.6 Å². The fourth-order valence-electron chi connectivity index (χ4n) is 4.79. The van der Waals surface area contributed by atoms with Crippen molar-refractivity contribution in [1.29, 1.82) is 0 Å². The van der Waals surface area contributed by atoms with Gasteiger partial charge < -0.3 is 10.0 Å². The van der Waals surface area contributed by atoms with Crippen LogP contribution in [0.1, 0.15) is 45.0 Å². The van der Waals surface area contributed by atoms with Crippen molar-refractivity contribution in [2.75, 3.05) is 13.1 Å². The number of carbonyl (C=O) groups excluding carboxylic acids is 1. The molecule has 206 valence electrons. The molecular weight excluding hydrogens is 517 g/mol. The molecule has 0 unspecified atom stereocenters. The summed E-state index contributed by atoms with van der Waals surface area (Å²) in [6, 6.07) is 29.1. The average Bonchev–Trinajstić information content (AvgIpc) is 2.95. The van der Waals surface area contributed by atoms with Gasteiger partial charge in [-0.1, -0.05) is 66.7 Å². The summed E-state index contributed by atoms with van der Waals surface area (Å²) in [5.41, 5.74) is 5.47. The van der Waals surface area contributed by atoms with Gasteiger partial charge in [-0.25, -0.2) is 4.39 Å². The normalized spacial score (nSPS) is 13.5. The molecular formula is C34H30FN3O3. The molecule has 4 aromatic rings. The van der Waals surface area contributed by atoms with Crippen molar-refractivity contribution in [2.45, 2.75) is 25.2 Å². The smallest absolute Gasteiger partial charge is 0.307 e. The van der Waals surface area contributed by atoms with E-state index in [9.17, 15) is 14.0 Å². The minimum Gasteiger partial charge on any atom is -0.481 e. The van der Waals surface area contributed by atoms with Crippen molar-refractivity contribution in [2.24, 2.45) is 9.98 Å². The van der Waals surface area contributed by atoms with Gasteiger partial charge in [-0.05, 0) is 65.4 Å². The van der Waals surface area contributed by atoms with Gasteiger partial charge in [0.05, 0.1) is 17.8 Å². The van der Waals surface area contributed by atoms with Crippen LogP contribution in [0.15, 0.2) is 107 Å². The quantitative estimate of drug-likeness (QED) is 0.222. The molecule has 0 aromatic heterocycles. The Morgan fingerprint density at radius 3 is 2.37 bits per heavy atom. The number of carbonyl (C=O) groups is 2. The molecule has 1 N–H and O–H groups in total. The predicted molar refractivity (Wildman–Crippen MR) is 159 cm³/mol. The number of carboxylic acid groups (broad SMARTS) is 1. The van der Waals surface area contributed by atoms with Crippen LogP contribution in [-0.2, 0) is 17.6 Å². The summed E-state index contributed by atoms with van der Waals surface area (Å²) in [5.74, 6) is -0.880. The number of benzene rings is 4. The van der Waals surface area contributed by atoms with E-state index in [1.54, 1.807) is 48.8 Å². The van der Waals surface area contributed by atoms with Gasteiger partial charge in [0.1, 0.15) is 5.82 Å². The SMILES string of the molecule is O=C(O)Cc1cccc(CCC=Nc2cc(C(=O)N3CC(c4ccccc4)C3)ccc2N=Cc2ccc(F)cc2)c1. The molecule has 4 aromatic carbocycles. The van der Waals surface area contributed by atoms with E-state index in [0.717, 1.165) is 16.7 Å². The highest BCUT2D eigenvalue weighted by Gasteiger charge is 2.32. The number of likely N-dealkylation sites (tertiary alicyclic amines) is 1. The zero-order chi connectivity index (χ0) is 28.6. The monoisotopic (exact) mass is 547 g/mol. The first-order valence-corrected chi connectivity index (χ1v) is 13.5. The number of aryl methyl sites for hydroxylation is 1. The lowest BCUT2D eigenvalue weighted by molar-refractivity contribution is -0.136. The largest absolute Gasteiger partial charge is 0.481 e. The number of amides is 1. The van der Waals surface area contributed by atoms with E-state index in [1.807, 2.05) is 41.3 Å². The van der Waals surface area contributed by atoms with Crippen molar-refractivity contribution in [3.8, 4) is 0 Å². The third kappa shape index (κ3) is 7.39. The van der Waals surface area contributed by atoms with Gasteiger partial charge in [0.15, 0.2) is 0 Å². The fraction of sp³-hybridized carbons (Fsp3) is 0.176. The van der Waals surface area contributed by atoms with E-state index in [2.05, 4.69) is 22.1 Å². The molecule has 1 fully saturated rings. The zero-order valence-corrected chi connectivity index (χ0v) is 22.5. The molecule has 41 heavy (non-hydrogen) atoms. The van der Waals surface area contributed by atoms with Gasteiger partial charge in [-0.2, -0.15) is 0 Å². The minimum atomic E-state index is -0.860. The van der Waals surface area contributed by atoms with Crippen molar-refractivity contribution < 1.29 is 19.1 Å². The van der Waals surface area contributed by atoms with Gasteiger partial charge in [0, 0.05) is 37.0 Å². The maximum Gasteiger partial charge on any atom is 0.307 e. The number of hydrogen-bond acceptors (Lipinski definition) is 4. The topological polar surface area (TPSA) is 82.3 Å². The van der Waals surface area contributed by atoms with E-state index in [0.29, 0.717) is 48.8 Å². The third-order valence-corrected chi connectivity index (χ3v) is 7.02. The van der Waals surface area contributed by atoms with Crippen LogP contribution in [0.4, 0.5) is 15.8 Å². The molecule has 1 heterocycles. The number of nitrogens with zero attached hydrogens (tertiary/aromatic N) is 3. The van der Waals surface area contributed by atoms with Crippen LogP contribution in [0.5, 0.6) is 0 Å². The minimum absolute atomic E-state index is 0.0126. The van der Waals surface area contributed by atoms with Gasteiger partial charge >= 0.3 is 5.97 Å². The van der Waals surface area contributed by atoms with E-state index in [4.69, 9.17) is 5.11 Å². The van der Waals surface area contributed by atoms with E-state index < -0.39 is 5.97 Å². The predicted octanol–water partition coefficient (Wildman–Crippen LogP) is 6.78. The molecule has 1 saturated heterocycles. The number of halogens is 1. The van der Waals surface area contributed by atoms with Crippen molar-refractivity contribution >= 4 is 35.7 Å². The summed E-state index contributed by atoms with van der Waals surface area (Å²) in [6.07, 6.45) is 4.74. The van der Waals surface area contributed by atoms with Crippen LogP contribution in [0.2, 0.25) is 0 Å². The molecule has 6 nitrogen and oxygen atoms in total. The lowest BCUT2D eigenvalue weighted by atomic mass is 9.91. The molecule has 0 radical (unpaired) electrons. The standard InChI is InChI=1S/C34H30FN3O3/c35-30-14-11-25(12-15-30)21-37-31-16-13-28(34(41)38-22-29(23-38)27-9-2-1-3-10-27)20-32(31)36-17-5-8-24-6-4-7-26(18-24)19-33(39)40/h1-4,6-7,9-18,20-21,29H,5,8,19,22-23H2,(H,39,40). The van der Waals surface area contributed by atoms with E-state index in [1.165, 1.54) is 17.7 Å². The van der Waals surface area contributed by atoms with E-state index in [-0.39, 0.29) is 18.1 Å². The van der Waals surface area contributed by atoms with Crippen LogP contribution in [0.25, 0.3) is 0 Å². The summed E-state index contributed by atoms with van der Waals surface area (Å²) < 4.78 is 13.3. The molecule has 1 aliphatic rings. The third-order valence-electron chi connectivity index (χ3n) is 7.02. The summed E-state index contributed by atoms with van der Waals surface area (Å²) in [5, 5.41) is 9.06. The molecule has 1 aliphatic heterocycles. The number of rotatable bonds is 10. The average molecular weight is 548 g/mol. The number of hydrogen-bond donors (Lipinski definition) is 1. The first-order chi connectivity index (χ1) is 19.9. The Morgan fingerprint density at radius 2 is 1.61 bits per heavy atom. The van der Waals surface area contributed by atoms with Crippen molar-refractivity contribution in [3.05, 3.63) is 131 Å². The number of aliphatic imine (C=N–C) groups is 2. The number of aliphatic carboxylic acids is 1. The van der Waals surface area contributed by atoms with Crippen molar-refractivity contribution in [1.82, 2.24) is 4.90 Å². The second-order valence-electron chi connectivity index (χ2n) is 10.1. The zero-order valence-electron chi connectivity index (χ0n) is 22.5. The highest BCUT2D eigenvalue weighted by molar-refractivity contribution is 5.97. The Morgan fingerprint density at radius 1 is 0.854 bits per heavy atom. The Bertz CT molecular complexity index is 1580. The lowest BCUT2D eigenvalue weighted by Gasteiger charge is -2.39. The van der Waals surface area contributed by atoms with Crippen molar-refractivity contribution in [3.63, 3.8) is 0 Å². The van der Waals surface area contributed by atoms with Gasteiger partial charge in [0.2, 0.25) is 0 Å². The van der Waals surface area contributed by atoms with Gasteiger partial charge in [0.25, 0.3) is 5.91 Å². The van der Waals surface area contributed by atoms with Gasteiger partial charge in [-0.15, -0.1) is 0 Å². The molecule has 1 amide bonds. The Kier molecular flexibility index (Phi) is 8.74. The van der Waals surface area contributed by atoms with Crippen LogP contribution in [0.3, 0.4) is 0 Å². The number of carboxylic acids is 1. The first kappa shape index (κ1) is 27.6. The maximum atomic E-state index is 13.3. The fourth-order valence-corrected chi connectivity index (χ4v) is 4.79. The molecule has 0 saturated carbocycles. The van der Waals surface area contributed by atoms with Crippen LogP contribution in [0, 0.1) is 5.82 Å². The molecule has 7 heteroatoms. The molecule has 0 spiro atoms. The first-order valence-electron chi connectivity index (χ1n) is 13.5. The molecule has 0 bridgehead atoms. The maximum absolute atomic E-state index is 13.3.